The quantitative estimate of drug-likeness (QED) is 0.846. The molecule has 0 unspecified atom stereocenters. The molecule has 0 aromatic heterocycles. The Morgan fingerprint density at radius 2 is 1.78 bits per heavy atom. The molecule has 0 saturated carbocycles. The average Bonchev–Trinajstić information content (AvgIpc) is 2.38. The van der Waals surface area contributed by atoms with Gasteiger partial charge in [0.25, 0.3) is 0 Å². The number of rotatable bonds is 5. The second-order valence-corrected chi connectivity index (χ2v) is 5.61. The van der Waals surface area contributed by atoms with Crippen LogP contribution in [0.1, 0.15) is 19.4 Å². The van der Waals surface area contributed by atoms with E-state index < -0.39 is 0 Å². The van der Waals surface area contributed by atoms with E-state index in [9.17, 15) is 5.11 Å². The second-order valence-electron chi connectivity index (χ2n) is 5.61. The van der Waals surface area contributed by atoms with Gasteiger partial charge in [-0.3, -0.25) is 0 Å². The molecule has 0 atom stereocenters. The summed E-state index contributed by atoms with van der Waals surface area (Å²) in [5, 5.41) is 15.1. The first-order chi connectivity index (χ1) is 8.61. The molecule has 2 rings (SSSR count). The van der Waals surface area contributed by atoms with Gasteiger partial charge >= 0.3 is 0 Å². The van der Waals surface area contributed by atoms with E-state index in [1.165, 1.54) is 16.3 Å². The third kappa shape index (κ3) is 3.31. The molecule has 0 heterocycles. The number of fused-ring (bicyclic) bond motifs is 1. The van der Waals surface area contributed by atoms with E-state index in [-0.39, 0.29) is 12.0 Å². The minimum atomic E-state index is -0.0587. The number of hydrogen-bond donors (Lipinski definition) is 2. The van der Waals surface area contributed by atoms with Crippen molar-refractivity contribution in [2.45, 2.75) is 20.4 Å². The zero-order valence-electron chi connectivity index (χ0n) is 11.1. The highest BCUT2D eigenvalue weighted by Crippen LogP contribution is 2.16. The van der Waals surface area contributed by atoms with Crippen LogP contribution < -0.4 is 5.32 Å². The normalized spacial score (nSPS) is 11.9. The molecule has 2 heteroatoms. The lowest BCUT2D eigenvalue weighted by Crippen LogP contribution is -2.31. The summed E-state index contributed by atoms with van der Waals surface area (Å²) in [6.45, 7) is 5.98. The highest BCUT2D eigenvalue weighted by Gasteiger charge is 2.15. The molecule has 0 aliphatic rings. The van der Waals surface area contributed by atoms with Crippen LogP contribution in [0, 0.1) is 5.41 Å². The van der Waals surface area contributed by atoms with Crippen LogP contribution in [0.25, 0.3) is 10.8 Å². The Balaban J connectivity index is 2.00. The third-order valence-electron chi connectivity index (χ3n) is 3.17. The van der Waals surface area contributed by atoms with Gasteiger partial charge in [0, 0.05) is 25.1 Å². The van der Waals surface area contributed by atoms with Crippen molar-refractivity contribution in [1.29, 1.82) is 0 Å². The van der Waals surface area contributed by atoms with Gasteiger partial charge in [-0.2, -0.15) is 0 Å². The monoisotopic (exact) mass is 243 g/mol. The summed E-state index contributed by atoms with van der Waals surface area (Å²) in [4.78, 5) is 0. The van der Waals surface area contributed by atoms with E-state index in [1.807, 2.05) is 0 Å². The van der Waals surface area contributed by atoms with Gasteiger partial charge in [0.1, 0.15) is 0 Å². The van der Waals surface area contributed by atoms with Crippen LogP contribution in [-0.2, 0) is 6.54 Å². The summed E-state index contributed by atoms with van der Waals surface area (Å²) in [5.74, 6) is 0. The minimum Gasteiger partial charge on any atom is -0.396 e. The predicted octanol–water partition coefficient (Wildman–Crippen LogP) is 2.95. The molecule has 2 aromatic carbocycles. The highest BCUT2D eigenvalue weighted by atomic mass is 16.3. The largest absolute Gasteiger partial charge is 0.396 e. The molecule has 0 amide bonds. The molecule has 0 spiro atoms. The summed E-state index contributed by atoms with van der Waals surface area (Å²) in [5.41, 5.74) is 1.22. The van der Waals surface area contributed by atoms with Crippen molar-refractivity contribution in [3.05, 3.63) is 48.0 Å². The number of aliphatic hydroxyl groups excluding tert-OH is 1. The molecule has 0 bridgehead atoms. The second kappa shape index (κ2) is 5.51. The number of aliphatic hydroxyl groups is 1. The summed E-state index contributed by atoms with van der Waals surface area (Å²) >= 11 is 0. The molecule has 2 aromatic rings. The molecule has 2 N–H and O–H groups in total. The molecule has 0 aliphatic heterocycles. The zero-order chi connectivity index (χ0) is 13.0. The van der Waals surface area contributed by atoms with Crippen molar-refractivity contribution >= 4 is 10.8 Å². The van der Waals surface area contributed by atoms with Gasteiger partial charge in [0.2, 0.25) is 0 Å². The van der Waals surface area contributed by atoms with Crippen molar-refractivity contribution in [3.63, 3.8) is 0 Å². The Morgan fingerprint density at radius 3 is 2.50 bits per heavy atom. The van der Waals surface area contributed by atoms with Crippen LogP contribution >= 0.6 is 0 Å². The SMILES string of the molecule is CC(C)(CO)CNCc1ccc2ccccc2c1. The Morgan fingerprint density at radius 1 is 1.06 bits per heavy atom. The number of hydrogen-bond acceptors (Lipinski definition) is 2. The van der Waals surface area contributed by atoms with Gasteiger partial charge in [-0.25, -0.2) is 0 Å². The lowest BCUT2D eigenvalue weighted by molar-refractivity contribution is 0.156. The van der Waals surface area contributed by atoms with Crippen LogP contribution in [0.4, 0.5) is 0 Å². The van der Waals surface area contributed by atoms with E-state index in [2.05, 4.69) is 61.6 Å². The lowest BCUT2D eigenvalue weighted by atomic mass is 9.95. The first kappa shape index (κ1) is 13.1. The fraction of sp³-hybridized carbons (Fsp3) is 0.375. The van der Waals surface area contributed by atoms with Gasteiger partial charge in [-0.05, 0) is 22.4 Å². The molecular weight excluding hydrogens is 222 g/mol. The van der Waals surface area contributed by atoms with Gasteiger partial charge in [0.15, 0.2) is 0 Å². The van der Waals surface area contributed by atoms with Crippen LogP contribution in [0.2, 0.25) is 0 Å². The van der Waals surface area contributed by atoms with E-state index in [0.29, 0.717) is 0 Å². The maximum atomic E-state index is 9.19. The molecule has 0 aliphatic carbocycles. The zero-order valence-corrected chi connectivity index (χ0v) is 11.1. The van der Waals surface area contributed by atoms with Crippen molar-refractivity contribution in [1.82, 2.24) is 5.32 Å². The summed E-state index contributed by atoms with van der Waals surface area (Å²) in [7, 11) is 0. The first-order valence-corrected chi connectivity index (χ1v) is 6.40. The van der Waals surface area contributed by atoms with E-state index in [4.69, 9.17) is 0 Å². The maximum absolute atomic E-state index is 9.19. The summed E-state index contributed by atoms with van der Waals surface area (Å²) < 4.78 is 0. The minimum absolute atomic E-state index is 0.0587. The van der Waals surface area contributed by atoms with Gasteiger partial charge in [0.05, 0.1) is 0 Å². The van der Waals surface area contributed by atoms with Gasteiger partial charge < -0.3 is 10.4 Å². The number of benzene rings is 2. The molecule has 0 radical (unpaired) electrons. The van der Waals surface area contributed by atoms with Gasteiger partial charge in [-0.15, -0.1) is 0 Å². The smallest absolute Gasteiger partial charge is 0.0494 e. The highest BCUT2D eigenvalue weighted by molar-refractivity contribution is 5.82. The average molecular weight is 243 g/mol. The van der Waals surface area contributed by atoms with Crippen molar-refractivity contribution in [2.24, 2.45) is 5.41 Å². The standard InChI is InChI=1S/C16H21NO/c1-16(2,12-18)11-17-10-13-7-8-14-5-3-4-6-15(14)9-13/h3-9,17-18H,10-12H2,1-2H3. The fourth-order valence-corrected chi connectivity index (χ4v) is 1.95. The summed E-state index contributed by atoms with van der Waals surface area (Å²) in [6, 6.07) is 14.9. The molecule has 18 heavy (non-hydrogen) atoms. The molecule has 96 valence electrons. The molecule has 0 saturated heterocycles. The van der Waals surface area contributed by atoms with Crippen molar-refractivity contribution in [2.75, 3.05) is 13.2 Å². The molecule has 0 fully saturated rings. The Kier molecular flexibility index (Phi) is 4.00. The van der Waals surface area contributed by atoms with Crippen LogP contribution in [0.5, 0.6) is 0 Å². The van der Waals surface area contributed by atoms with Crippen LogP contribution in [0.3, 0.4) is 0 Å². The number of nitrogens with one attached hydrogen (secondary N) is 1. The Hall–Kier alpha value is -1.38. The molecule has 2 nitrogen and oxygen atoms in total. The fourth-order valence-electron chi connectivity index (χ4n) is 1.95. The summed E-state index contributed by atoms with van der Waals surface area (Å²) in [6.07, 6.45) is 0. The Labute approximate surface area is 109 Å². The van der Waals surface area contributed by atoms with E-state index in [0.717, 1.165) is 13.1 Å². The Bertz CT molecular complexity index is 519. The first-order valence-electron chi connectivity index (χ1n) is 6.40. The van der Waals surface area contributed by atoms with Crippen molar-refractivity contribution < 1.29 is 5.11 Å². The van der Waals surface area contributed by atoms with Crippen molar-refractivity contribution in [3.8, 4) is 0 Å². The predicted molar refractivity (Wildman–Crippen MR) is 76.5 cm³/mol. The topological polar surface area (TPSA) is 32.3 Å². The maximum Gasteiger partial charge on any atom is 0.0494 e. The van der Waals surface area contributed by atoms with Gasteiger partial charge in [-0.1, -0.05) is 50.2 Å². The van der Waals surface area contributed by atoms with E-state index >= 15 is 0 Å². The molecular formula is C16H21NO. The lowest BCUT2D eigenvalue weighted by Gasteiger charge is -2.22. The van der Waals surface area contributed by atoms with E-state index in [1.54, 1.807) is 0 Å². The van der Waals surface area contributed by atoms with Crippen LogP contribution in [0.15, 0.2) is 42.5 Å². The third-order valence-corrected chi connectivity index (χ3v) is 3.17. The van der Waals surface area contributed by atoms with Crippen LogP contribution in [-0.4, -0.2) is 18.3 Å².